The van der Waals surface area contributed by atoms with Crippen molar-refractivity contribution in [1.82, 2.24) is 9.56 Å². The Kier molecular flexibility index (Phi) is 5.97. The quantitative estimate of drug-likeness (QED) is 0.437. The lowest BCUT2D eigenvalue weighted by Crippen LogP contribution is -2.15. The van der Waals surface area contributed by atoms with Crippen molar-refractivity contribution in [1.29, 1.82) is 0 Å². The van der Waals surface area contributed by atoms with Crippen LogP contribution in [0.3, 0.4) is 0 Å². The first kappa shape index (κ1) is 22.2. The molecule has 0 saturated carbocycles. The number of esters is 1. The summed E-state index contributed by atoms with van der Waals surface area (Å²) in [4.78, 5) is 41.4. The number of amides is 1. The zero-order valence-corrected chi connectivity index (χ0v) is 18.3. The van der Waals surface area contributed by atoms with Gasteiger partial charge in [0, 0.05) is 23.4 Å². The molecule has 0 spiro atoms. The molecule has 2 heterocycles. The summed E-state index contributed by atoms with van der Waals surface area (Å²) in [6, 6.07) is 11.1. The fraction of sp³-hybridized carbons (Fsp3) is 0.130. The molecular weight excluding hydrogens is 453 g/mol. The van der Waals surface area contributed by atoms with E-state index in [-0.39, 0.29) is 28.5 Å². The number of ether oxygens (including phenoxy) is 1. The van der Waals surface area contributed by atoms with E-state index < -0.39 is 23.3 Å². The van der Waals surface area contributed by atoms with Crippen molar-refractivity contribution in [3.05, 3.63) is 97.9 Å². The van der Waals surface area contributed by atoms with Gasteiger partial charge in [-0.2, -0.15) is 0 Å². The second-order valence-corrected chi connectivity index (χ2v) is 7.68. The van der Waals surface area contributed by atoms with E-state index in [2.05, 4.69) is 10.3 Å². The predicted molar refractivity (Wildman–Crippen MR) is 118 cm³/mol. The van der Waals surface area contributed by atoms with Crippen LogP contribution in [-0.2, 0) is 11.3 Å². The fourth-order valence-corrected chi connectivity index (χ4v) is 3.27. The molecule has 10 heteroatoms. The molecular formula is C23H17ClFN3O5. The zero-order valence-electron chi connectivity index (χ0n) is 17.5. The summed E-state index contributed by atoms with van der Waals surface area (Å²) in [5.74, 6) is -1.29. The summed E-state index contributed by atoms with van der Waals surface area (Å²) >= 11 is 5.74. The number of anilines is 1. The van der Waals surface area contributed by atoms with Gasteiger partial charge >= 0.3 is 5.97 Å². The standard InChI is InChI=1S/C23H17ClFN3O5/c1-12-3-4-15(9-19(12)27-22(30)14-5-6-18(25)17(24)8-14)23(31)32-11-16-10-21(29)28-20(26-16)7-13(2)33-28/h3-10H,11H2,1-2H3,(H,27,30). The smallest absolute Gasteiger partial charge is 0.338 e. The molecule has 0 atom stereocenters. The molecule has 2 aromatic heterocycles. The summed E-state index contributed by atoms with van der Waals surface area (Å²) in [6.07, 6.45) is 0. The van der Waals surface area contributed by atoms with Gasteiger partial charge in [0.15, 0.2) is 5.65 Å². The highest BCUT2D eigenvalue weighted by molar-refractivity contribution is 6.31. The van der Waals surface area contributed by atoms with Crippen LogP contribution >= 0.6 is 11.6 Å². The molecule has 0 fully saturated rings. The average molecular weight is 470 g/mol. The Morgan fingerprint density at radius 3 is 2.64 bits per heavy atom. The van der Waals surface area contributed by atoms with Crippen molar-refractivity contribution in [3.63, 3.8) is 0 Å². The second-order valence-electron chi connectivity index (χ2n) is 7.27. The Labute approximate surface area is 191 Å². The molecule has 0 unspecified atom stereocenters. The van der Waals surface area contributed by atoms with E-state index in [1.54, 1.807) is 32.0 Å². The van der Waals surface area contributed by atoms with Crippen LogP contribution in [-0.4, -0.2) is 21.4 Å². The largest absolute Gasteiger partial charge is 0.456 e. The second kappa shape index (κ2) is 8.87. The van der Waals surface area contributed by atoms with Crippen molar-refractivity contribution < 1.29 is 23.2 Å². The maximum absolute atomic E-state index is 13.3. The molecule has 1 N–H and O–H groups in total. The topological polar surface area (TPSA) is 103 Å². The van der Waals surface area contributed by atoms with Crippen LogP contribution in [0, 0.1) is 19.7 Å². The molecule has 0 aliphatic carbocycles. The molecule has 2 aromatic carbocycles. The molecule has 33 heavy (non-hydrogen) atoms. The van der Waals surface area contributed by atoms with E-state index in [0.29, 0.717) is 22.7 Å². The number of benzene rings is 2. The number of carbonyl (C=O) groups is 2. The van der Waals surface area contributed by atoms with Crippen LogP contribution < -0.4 is 10.9 Å². The SMILES string of the molecule is Cc1cc2nc(COC(=O)c3ccc(C)c(NC(=O)c4ccc(F)c(Cl)c4)c3)cc(=O)n2o1. The average Bonchev–Trinajstić information content (AvgIpc) is 3.16. The van der Waals surface area contributed by atoms with E-state index in [0.717, 1.165) is 10.6 Å². The Morgan fingerprint density at radius 1 is 1.12 bits per heavy atom. The number of fused-ring (bicyclic) bond motifs is 1. The number of carbonyl (C=O) groups excluding carboxylic acids is 2. The van der Waals surface area contributed by atoms with Crippen LogP contribution in [0.25, 0.3) is 5.65 Å². The van der Waals surface area contributed by atoms with Gasteiger partial charge in [-0.1, -0.05) is 17.7 Å². The third-order valence-corrected chi connectivity index (χ3v) is 5.07. The lowest BCUT2D eigenvalue weighted by molar-refractivity contribution is 0.0467. The van der Waals surface area contributed by atoms with Crippen molar-refractivity contribution in [3.8, 4) is 0 Å². The summed E-state index contributed by atoms with van der Waals surface area (Å²) in [6.45, 7) is 3.21. The van der Waals surface area contributed by atoms with Crippen molar-refractivity contribution in [2.75, 3.05) is 5.32 Å². The molecule has 8 nitrogen and oxygen atoms in total. The van der Waals surface area contributed by atoms with Gasteiger partial charge in [0.25, 0.3) is 11.5 Å². The Bertz CT molecular complexity index is 1460. The zero-order chi connectivity index (χ0) is 23.7. The Balaban J connectivity index is 1.48. The number of nitrogens with one attached hydrogen (secondary N) is 1. The van der Waals surface area contributed by atoms with Crippen LogP contribution in [0.5, 0.6) is 0 Å². The van der Waals surface area contributed by atoms with E-state index in [1.165, 1.54) is 24.3 Å². The first-order valence-electron chi connectivity index (χ1n) is 9.75. The molecule has 4 rings (SSSR count). The molecule has 168 valence electrons. The minimum Gasteiger partial charge on any atom is -0.456 e. The van der Waals surface area contributed by atoms with Gasteiger partial charge in [0.05, 0.1) is 16.3 Å². The van der Waals surface area contributed by atoms with Gasteiger partial charge in [-0.3, -0.25) is 9.59 Å². The predicted octanol–water partition coefficient (Wildman–Crippen LogP) is 4.31. The first-order valence-corrected chi connectivity index (χ1v) is 10.1. The number of aromatic nitrogens is 2. The van der Waals surface area contributed by atoms with Crippen molar-refractivity contribution >= 4 is 34.8 Å². The number of nitrogens with zero attached hydrogens (tertiary/aromatic N) is 2. The molecule has 0 bridgehead atoms. The molecule has 0 saturated heterocycles. The maximum atomic E-state index is 13.3. The van der Waals surface area contributed by atoms with Crippen LogP contribution in [0.1, 0.15) is 37.7 Å². The maximum Gasteiger partial charge on any atom is 0.338 e. The van der Waals surface area contributed by atoms with Gasteiger partial charge in [-0.05, 0) is 49.7 Å². The highest BCUT2D eigenvalue weighted by Gasteiger charge is 2.15. The number of hydrogen-bond acceptors (Lipinski definition) is 6. The van der Waals surface area contributed by atoms with Crippen LogP contribution in [0.2, 0.25) is 5.02 Å². The highest BCUT2D eigenvalue weighted by atomic mass is 35.5. The number of hydrogen-bond donors (Lipinski definition) is 1. The number of rotatable bonds is 5. The third kappa shape index (κ3) is 4.78. The normalized spacial score (nSPS) is 10.9. The lowest BCUT2D eigenvalue weighted by Gasteiger charge is -2.11. The van der Waals surface area contributed by atoms with E-state index in [4.69, 9.17) is 20.9 Å². The van der Waals surface area contributed by atoms with Gasteiger partial charge in [-0.15, -0.1) is 4.57 Å². The van der Waals surface area contributed by atoms with Gasteiger partial charge in [0.1, 0.15) is 18.2 Å². The molecule has 1 amide bonds. The van der Waals surface area contributed by atoms with Gasteiger partial charge in [-0.25, -0.2) is 14.2 Å². The third-order valence-electron chi connectivity index (χ3n) is 4.78. The van der Waals surface area contributed by atoms with Crippen LogP contribution in [0.4, 0.5) is 10.1 Å². The Morgan fingerprint density at radius 2 is 1.88 bits per heavy atom. The summed E-state index contributed by atoms with van der Waals surface area (Å²) in [5, 5.41) is 2.51. The monoisotopic (exact) mass is 469 g/mol. The summed E-state index contributed by atoms with van der Waals surface area (Å²) in [7, 11) is 0. The van der Waals surface area contributed by atoms with Gasteiger partial charge in [0.2, 0.25) is 0 Å². The van der Waals surface area contributed by atoms with E-state index >= 15 is 0 Å². The summed E-state index contributed by atoms with van der Waals surface area (Å²) in [5.41, 5.74) is 1.57. The van der Waals surface area contributed by atoms with E-state index in [9.17, 15) is 18.8 Å². The minimum atomic E-state index is -0.666. The molecule has 0 aliphatic rings. The van der Waals surface area contributed by atoms with Crippen molar-refractivity contribution in [2.45, 2.75) is 20.5 Å². The van der Waals surface area contributed by atoms with E-state index in [1.807, 2.05) is 0 Å². The molecule has 0 radical (unpaired) electrons. The first-order chi connectivity index (χ1) is 15.7. The number of aryl methyl sites for hydroxylation is 2. The molecule has 0 aliphatic heterocycles. The minimum absolute atomic E-state index is 0.163. The van der Waals surface area contributed by atoms with Crippen molar-refractivity contribution in [2.24, 2.45) is 0 Å². The fourth-order valence-electron chi connectivity index (χ4n) is 3.09. The molecule has 4 aromatic rings. The van der Waals surface area contributed by atoms with Gasteiger partial charge < -0.3 is 14.6 Å². The highest BCUT2D eigenvalue weighted by Crippen LogP contribution is 2.21. The summed E-state index contributed by atoms with van der Waals surface area (Å²) < 4.78 is 24.9. The number of halogens is 2. The van der Waals surface area contributed by atoms with Crippen LogP contribution in [0.15, 0.2) is 57.8 Å². The Hall–Kier alpha value is -3.98. The lowest BCUT2D eigenvalue weighted by atomic mass is 10.1.